The van der Waals surface area contributed by atoms with Crippen molar-refractivity contribution in [3.8, 4) is 11.5 Å². The number of ether oxygens (including phenoxy) is 2. The van der Waals surface area contributed by atoms with E-state index >= 15 is 0 Å². The Morgan fingerprint density at radius 1 is 0.396 bits per heavy atom. The van der Waals surface area contributed by atoms with Crippen molar-refractivity contribution >= 4 is 0 Å². The average Bonchev–Trinajstić information content (AvgIpc) is 3.13. The summed E-state index contributed by atoms with van der Waals surface area (Å²) in [6.45, 7) is 6.23. The highest BCUT2D eigenvalue weighted by Gasteiger charge is 2.02. The molecular formula is C42H58N4O2. The Bertz CT molecular complexity index is 1300. The summed E-state index contributed by atoms with van der Waals surface area (Å²) in [4.78, 5) is 0. The minimum Gasteiger partial charge on any atom is -0.489 e. The third-order valence-corrected chi connectivity index (χ3v) is 8.73. The normalized spacial score (nSPS) is 11.1. The molecule has 4 rings (SSSR count). The largest absolute Gasteiger partial charge is 0.489 e. The van der Waals surface area contributed by atoms with Crippen molar-refractivity contribution in [3.63, 3.8) is 0 Å². The number of hydrogen-bond donors (Lipinski definition) is 4. The van der Waals surface area contributed by atoms with E-state index < -0.39 is 0 Å². The molecule has 4 aromatic rings. The zero-order valence-corrected chi connectivity index (χ0v) is 28.9. The molecule has 4 aromatic carbocycles. The van der Waals surface area contributed by atoms with Crippen LogP contribution >= 0.6 is 0 Å². The van der Waals surface area contributed by atoms with E-state index in [0.29, 0.717) is 26.3 Å². The number of benzene rings is 4. The zero-order valence-electron chi connectivity index (χ0n) is 28.9. The maximum absolute atomic E-state index is 5.95. The van der Waals surface area contributed by atoms with E-state index in [2.05, 4.69) is 59.2 Å². The summed E-state index contributed by atoms with van der Waals surface area (Å²) < 4.78 is 11.9. The summed E-state index contributed by atoms with van der Waals surface area (Å²) in [5.41, 5.74) is 18.6. The van der Waals surface area contributed by atoms with Gasteiger partial charge in [0.25, 0.3) is 0 Å². The number of nitrogens with two attached hydrogens (primary N) is 2. The molecule has 0 aromatic heterocycles. The van der Waals surface area contributed by atoms with Gasteiger partial charge in [0.05, 0.1) is 0 Å². The van der Waals surface area contributed by atoms with Gasteiger partial charge in [0, 0.05) is 26.2 Å². The van der Waals surface area contributed by atoms with Crippen LogP contribution in [0.15, 0.2) is 97.1 Å². The van der Waals surface area contributed by atoms with E-state index in [4.69, 9.17) is 20.9 Å². The predicted octanol–water partition coefficient (Wildman–Crippen LogP) is 8.54. The fourth-order valence-corrected chi connectivity index (χ4v) is 5.82. The highest BCUT2D eigenvalue weighted by atomic mass is 16.5. The van der Waals surface area contributed by atoms with Gasteiger partial charge >= 0.3 is 0 Å². The van der Waals surface area contributed by atoms with Gasteiger partial charge in [-0.1, -0.05) is 124 Å². The van der Waals surface area contributed by atoms with Crippen LogP contribution in [0.4, 0.5) is 0 Å². The first-order valence-electron chi connectivity index (χ1n) is 18.1. The first-order chi connectivity index (χ1) is 23.7. The van der Waals surface area contributed by atoms with Crippen molar-refractivity contribution in [1.82, 2.24) is 10.6 Å². The molecule has 258 valence electrons. The van der Waals surface area contributed by atoms with Gasteiger partial charge in [-0.05, 0) is 83.6 Å². The maximum atomic E-state index is 5.95. The zero-order chi connectivity index (χ0) is 33.5. The summed E-state index contributed by atoms with van der Waals surface area (Å²) in [7, 11) is 0. The van der Waals surface area contributed by atoms with Gasteiger partial charge in [0.2, 0.25) is 0 Å². The van der Waals surface area contributed by atoms with Gasteiger partial charge < -0.3 is 31.6 Å². The molecule has 0 aliphatic carbocycles. The van der Waals surface area contributed by atoms with Crippen molar-refractivity contribution in [1.29, 1.82) is 0 Å². The van der Waals surface area contributed by atoms with Crippen LogP contribution < -0.4 is 31.6 Å². The molecule has 0 fully saturated rings. The Morgan fingerprint density at radius 2 is 0.750 bits per heavy atom. The third-order valence-electron chi connectivity index (χ3n) is 8.73. The monoisotopic (exact) mass is 650 g/mol. The minimum atomic E-state index is 0.554. The minimum absolute atomic E-state index is 0.554. The van der Waals surface area contributed by atoms with Crippen molar-refractivity contribution in [2.75, 3.05) is 13.1 Å². The third kappa shape index (κ3) is 15.0. The second-order valence-corrected chi connectivity index (χ2v) is 12.8. The summed E-state index contributed by atoms with van der Waals surface area (Å²) in [6.07, 6.45) is 13.3. The predicted molar refractivity (Wildman–Crippen MR) is 200 cm³/mol. The SMILES string of the molecule is NCc1ccc(OCc2cccc(CNCCCCCCCCCCCCNCc3cccc(COc4ccc(CN)cc4)c3)c2)cc1. The Kier molecular flexibility index (Phi) is 17.7. The first-order valence-corrected chi connectivity index (χ1v) is 18.1. The molecule has 6 N–H and O–H groups in total. The van der Waals surface area contributed by atoms with Crippen LogP contribution in [0.2, 0.25) is 0 Å². The Labute approximate surface area is 289 Å². The molecule has 0 aliphatic heterocycles. The van der Waals surface area contributed by atoms with Gasteiger partial charge in [0.1, 0.15) is 24.7 Å². The lowest BCUT2D eigenvalue weighted by Crippen LogP contribution is -2.14. The summed E-state index contributed by atoms with van der Waals surface area (Å²) in [5, 5.41) is 7.23. The Morgan fingerprint density at radius 3 is 1.12 bits per heavy atom. The molecule has 0 atom stereocenters. The van der Waals surface area contributed by atoms with Crippen LogP contribution in [0.3, 0.4) is 0 Å². The number of nitrogens with one attached hydrogen (secondary N) is 2. The second kappa shape index (κ2) is 22.8. The summed E-state index contributed by atoms with van der Waals surface area (Å²) in [5.74, 6) is 1.76. The van der Waals surface area contributed by atoms with Crippen LogP contribution in [-0.2, 0) is 39.4 Å². The van der Waals surface area contributed by atoms with E-state index in [1.807, 2.05) is 48.5 Å². The second-order valence-electron chi connectivity index (χ2n) is 12.8. The summed E-state index contributed by atoms with van der Waals surface area (Å²) >= 11 is 0. The lowest BCUT2D eigenvalue weighted by atomic mass is 10.1. The fourth-order valence-electron chi connectivity index (χ4n) is 5.82. The quantitative estimate of drug-likeness (QED) is 0.0537. The molecule has 48 heavy (non-hydrogen) atoms. The van der Waals surface area contributed by atoms with Gasteiger partial charge in [-0.2, -0.15) is 0 Å². The number of hydrogen-bond acceptors (Lipinski definition) is 6. The van der Waals surface area contributed by atoms with E-state index in [0.717, 1.165) is 48.8 Å². The molecule has 0 heterocycles. The van der Waals surface area contributed by atoms with Crippen LogP contribution in [0, 0.1) is 0 Å². The molecular weight excluding hydrogens is 592 g/mol. The standard InChI is InChI=1S/C42H58N4O2/c43-29-35-17-21-41(22-18-35)47-33-39-15-11-13-37(27-39)31-45-25-9-7-5-3-1-2-4-6-8-10-26-46-32-38-14-12-16-40(28-38)34-48-42-23-19-36(30-44)20-24-42/h11-24,27-28,45-46H,1-10,25-26,29-34,43-44H2. The molecule has 0 amide bonds. The molecule has 6 nitrogen and oxygen atoms in total. The van der Waals surface area contributed by atoms with Crippen molar-refractivity contribution in [2.45, 2.75) is 104 Å². The Balaban J connectivity index is 0.918. The topological polar surface area (TPSA) is 94.6 Å². The van der Waals surface area contributed by atoms with Gasteiger partial charge in [0.15, 0.2) is 0 Å². The van der Waals surface area contributed by atoms with Crippen molar-refractivity contribution in [2.24, 2.45) is 11.5 Å². The number of rotatable bonds is 25. The van der Waals surface area contributed by atoms with Gasteiger partial charge in [-0.25, -0.2) is 0 Å². The molecule has 0 bridgehead atoms. The van der Waals surface area contributed by atoms with Crippen molar-refractivity contribution < 1.29 is 9.47 Å². The molecule has 0 radical (unpaired) electrons. The fraction of sp³-hybridized carbons (Fsp3) is 0.429. The number of unbranched alkanes of at least 4 members (excludes halogenated alkanes) is 9. The molecule has 0 aliphatic rings. The van der Waals surface area contributed by atoms with Crippen LogP contribution in [0.1, 0.15) is 97.6 Å². The highest BCUT2D eigenvalue weighted by molar-refractivity contribution is 5.30. The highest BCUT2D eigenvalue weighted by Crippen LogP contribution is 2.17. The lowest BCUT2D eigenvalue weighted by molar-refractivity contribution is 0.306. The molecule has 0 saturated carbocycles. The van der Waals surface area contributed by atoms with Gasteiger partial charge in [-0.3, -0.25) is 0 Å². The van der Waals surface area contributed by atoms with E-state index in [9.17, 15) is 0 Å². The smallest absolute Gasteiger partial charge is 0.119 e. The van der Waals surface area contributed by atoms with E-state index in [1.54, 1.807) is 0 Å². The van der Waals surface area contributed by atoms with E-state index in [1.165, 1.54) is 86.5 Å². The summed E-state index contributed by atoms with van der Waals surface area (Å²) in [6, 6.07) is 33.4. The van der Waals surface area contributed by atoms with Crippen LogP contribution in [0.5, 0.6) is 11.5 Å². The maximum Gasteiger partial charge on any atom is 0.119 e. The van der Waals surface area contributed by atoms with Crippen LogP contribution in [-0.4, -0.2) is 13.1 Å². The molecule has 0 spiro atoms. The van der Waals surface area contributed by atoms with Gasteiger partial charge in [-0.15, -0.1) is 0 Å². The lowest BCUT2D eigenvalue weighted by Gasteiger charge is -2.10. The first kappa shape index (κ1) is 37.1. The van der Waals surface area contributed by atoms with Crippen molar-refractivity contribution in [3.05, 3.63) is 130 Å². The molecule has 0 unspecified atom stereocenters. The van der Waals surface area contributed by atoms with Crippen LogP contribution in [0.25, 0.3) is 0 Å². The molecule has 6 heteroatoms. The van der Waals surface area contributed by atoms with E-state index in [-0.39, 0.29) is 0 Å². The average molecular weight is 651 g/mol. The Hall–Kier alpha value is -3.68. The molecule has 0 saturated heterocycles.